The fourth-order valence-electron chi connectivity index (χ4n) is 0. The minimum atomic E-state index is -3.63. The van der Waals surface area contributed by atoms with Gasteiger partial charge in [0.25, 0.3) is 0 Å². The van der Waals surface area contributed by atoms with Crippen LogP contribution >= 0.6 is 0 Å². The summed E-state index contributed by atoms with van der Waals surface area (Å²) in [6.45, 7) is 0. The van der Waals surface area contributed by atoms with Crippen molar-refractivity contribution in [1.82, 2.24) is 0 Å². The first kappa shape index (κ1) is 63.1. The van der Waals surface area contributed by atoms with E-state index in [-0.39, 0.29) is 81.0 Å². The smallest absolute Gasteiger partial charge is 0.672 e. The van der Waals surface area contributed by atoms with Crippen molar-refractivity contribution in [2.24, 2.45) is 0 Å². The molecule has 0 aromatic rings. The van der Waals surface area contributed by atoms with Gasteiger partial charge in [-0.15, -0.1) is 0 Å². The van der Waals surface area contributed by atoms with Crippen molar-refractivity contribution in [3.05, 3.63) is 0 Å². The Morgan fingerprint density at radius 2 is 0.800 bits per heavy atom. The largest absolute Gasteiger partial charge is 1.00 e. The van der Waals surface area contributed by atoms with Crippen LogP contribution in [-0.4, -0.2) is 31.1 Å². The summed E-state index contributed by atoms with van der Waals surface area (Å²) in [5.74, 6) is 0. The zero-order valence-electron chi connectivity index (χ0n) is 5.72. The van der Waals surface area contributed by atoms with Gasteiger partial charge in [0.1, 0.15) is 0 Å². The molecule has 0 rings (SSSR count). The SMILES string of the molecule is O.O.O.O.O=[Si]([O-])[O-].[Na+].[Na+]. The molecule has 0 bridgehead atoms. The molecule has 10 heavy (non-hydrogen) atoms. The molecule has 8 N–H and O–H groups in total. The Bertz CT molecular complexity index is 34.6. The Kier molecular flexibility index (Phi) is 297. The van der Waals surface area contributed by atoms with Crippen LogP contribution in [0.3, 0.4) is 0 Å². The van der Waals surface area contributed by atoms with Crippen LogP contribution in [-0.2, 0) is 4.46 Å². The molecule has 0 unspecified atom stereocenters. The minimum Gasteiger partial charge on any atom is -0.672 e. The van der Waals surface area contributed by atoms with Gasteiger partial charge in [-0.05, 0) is 0 Å². The fourth-order valence-corrected chi connectivity index (χ4v) is 0. The van der Waals surface area contributed by atoms with Crippen molar-refractivity contribution in [3.8, 4) is 0 Å². The summed E-state index contributed by atoms with van der Waals surface area (Å²) in [5, 5.41) is 0. The quantitative estimate of drug-likeness (QED) is 0.346. The molecule has 0 aromatic carbocycles. The van der Waals surface area contributed by atoms with Crippen LogP contribution in [0.1, 0.15) is 0 Å². The van der Waals surface area contributed by atoms with Crippen LogP contribution < -0.4 is 68.7 Å². The van der Waals surface area contributed by atoms with Gasteiger partial charge in [-0.1, -0.05) is 0 Å². The molecule has 0 aromatic heterocycles. The molecule has 0 atom stereocenters. The molecule has 56 valence electrons. The van der Waals surface area contributed by atoms with E-state index in [9.17, 15) is 0 Å². The maximum absolute atomic E-state index is 8.52. The van der Waals surface area contributed by atoms with Crippen molar-refractivity contribution in [3.63, 3.8) is 0 Å². The standard InChI is InChI=1S/2Na.O3Si.4H2O/c;;1-4(2)3;;;;/h;;;4*1H2/q2*+1;-2;;;;. The van der Waals surface area contributed by atoms with Crippen molar-refractivity contribution in [2.75, 3.05) is 0 Å². The third-order valence-electron chi connectivity index (χ3n) is 0. The Hall–Kier alpha value is 1.46. The average molecular weight is 194 g/mol. The molecule has 10 heteroatoms. The Labute approximate surface area is 103 Å². The van der Waals surface area contributed by atoms with E-state index in [2.05, 4.69) is 0 Å². The van der Waals surface area contributed by atoms with E-state index in [1.54, 1.807) is 0 Å². The van der Waals surface area contributed by atoms with Crippen molar-refractivity contribution in [2.45, 2.75) is 0 Å². The van der Waals surface area contributed by atoms with Gasteiger partial charge in [-0.25, -0.2) is 0 Å². The van der Waals surface area contributed by atoms with Gasteiger partial charge in [0, 0.05) is 9.17 Å². The van der Waals surface area contributed by atoms with Gasteiger partial charge >= 0.3 is 59.1 Å². The number of hydrogen-bond donors (Lipinski definition) is 0. The van der Waals surface area contributed by atoms with Crippen molar-refractivity contribution >= 4 is 9.17 Å². The first-order valence-electron chi connectivity index (χ1n) is 0.612. The monoisotopic (exact) mass is 194 g/mol. The van der Waals surface area contributed by atoms with Gasteiger partial charge in [-0.2, -0.15) is 0 Å². The molecule has 0 aliphatic carbocycles. The molecule has 0 amide bonds. The van der Waals surface area contributed by atoms with Crippen molar-refractivity contribution < 1.29 is 95.1 Å². The molecule has 0 saturated carbocycles. The maximum atomic E-state index is 8.52. The van der Waals surface area contributed by atoms with E-state index in [4.69, 9.17) is 14.1 Å². The predicted molar refractivity (Wildman–Crippen MR) is 20.9 cm³/mol. The molecule has 0 aliphatic rings. The van der Waals surface area contributed by atoms with Crippen LogP contribution in [0.4, 0.5) is 0 Å². The second kappa shape index (κ2) is 47.1. The molecule has 0 heterocycles. The van der Waals surface area contributed by atoms with Gasteiger partial charge in [-0.3, -0.25) is 0 Å². The van der Waals surface area contributed by atoms with E-state index in [0.717, 1.165) is 0 Å². The van der Waals surface area contributed by atoms with E-state index in [0.29, 0.717) is 0 Å². The van der Waals surface area contributed by atoms with E-state index in [1.807, 2.05) is 0 Å². The average Bonchev–Trinajstić information content (AvgIpc) is 0.811. The summed E-state index contributed by atoms with van der Waals surface area (Å²) < 4.78 is 8.52. The summed E-state index contributed by atoms with van der Waals surface area (Å²) >= 11 is 0. The maximum Gasteiger partial charge on any atom is 1.00 e. The topological polar surface area (TPSA) is 189 Å². The zero-order valence-corrected chi connectivity index (χ0v) is 10.7. The van der Waals surface area contributed by atoms with Gasteiger partial charge in [0.05, 0.1) is 0 Å². The van der Waals surface area contributed by atoms with Crippen LogP contribution in [0.5, 0.6) is 0 Å². The molecule has 0 radical (unpaired) electrons. The second-order valence-corrected chi connectivity index (χ2v) is 0.750. The molecule has 0 aliphatic heterocycles. The summed E-state index contributed by atoms with van der Waals surface area (Å²) in [7, 11) is -3.63. The molecular weight excluding hydrogens is 186 g/mol. The zero-order chi connectivity index (χ0) is 3.58. The van der Waals surface area contributed by atoms with E-state index < -0.39 is 9.17 Å². The Morgan fingerprint density at radius 3 is 0.800 bits per heavy atom. The Morgan fingerprint density at radius 1 is 0.800 bits per heavy atom. The third kappa shape index (κ3) is 319. The molecule has 7 nitrogen and oxygen atoms in total. The normalized spacial score (nSPS) is 2.40. The second-order valence-electron chi connectivity index (χ2n) is 0.250. The van der Waals surface area contributed by atoms with Crippen LogP contribution in [0, 0.1) is 0 Å². The van der Waals surface area contributed by atoms with Crippen molar-refractivity contribution in [1.29, 1.82) is 0 Å². The first-order valence-corrected chi connectivity index (χ1v) is 1.84. The predicted octanol–water partition coefficient (Wildman–Crippen LogP) is -12.2. The van der Waals surface area contributed by atoms with Gasteiger partial charge in [0.2, 0.25) is 0 Å². The van der Waals surface area contributed by atoms with Crippen LogP contribution in [0.25, 0.3) is 0 Å². The van der Waals surface area contributed by atoms with Gasteiger partial charge in [0.15, 0.2) is 0 Å². The number of hydrogen-bond acceptors (Lipinski definition) is 3. The fraction of sp³-hybridized carbons (Fsp3) is 0. The molecular formula is H8Na2O7Si. The molecule has 0 fully saturated rings. The summed E-state index contributed by atoms with van der Waals surface area (Å²) in [6, 6.07) is 0. The molecule has 0 saturated heterocycles. The van der Waals surface area contributed by atoms with E-state index >= 15 is 0 Å². The first-order chi connectivity index (χ1) is 1.73. The minimum absolute atomic E-state index is 0. The van der Waals surface area contributed by atoms with Crippen LogP contribution in [0.2, 0.25) is 0 Å². The van der Waals surface area contributed by atoms with E-state index in [1.165, 1.54) is 0 Å². The van der Waals surface area contributed by atoms with Crippen LogP contribution in [0.15, 0.2) is 0 Å². The number of rotatable bonds is 0. The summed E-state index contributed by atoms with van der Waals surface area (Å²) in [6.07, 6.45) is 0. The summed E-state index contributed by atoms with van der Waals surface area (Å²) in [4.78, 5) is 17.0. The third-order valence-corrected chi connectivity index (χ3v) is 0. The summed E-state index contributed by atoms with van der Waals surface area (Å²) in [5.41, 5.74) is 0. The van der Waals surface area contributed by atoms with Gasteiger partial charge < -0.3 is 36.0 Å². The Balaban J connectivity index is -0.00000000300. The molecule has 0 spiro atoms.